The number of carbonyl (C=O) groups is 1. The molecule has 0 radical (unpaired) electrons. The molecule has 0 saturated carbocycles. The molecule has 0 unspecified atom stereocenters. The van der Waals surface area contributed by atoms with E-state index in [4.69, 9.17) is 22.1 Å². The maximum atomic E-state index is 12.4. The van der Waals surface area contributed by atoms with Crippen molar-refractivity contribution in [1.29, 1.82) is 0 Å². The number of nitrogens with two attached hydrogens (primary N) is 1. The number of benzene rings is 2. The van der Waals surface area contributed by atoms with E-state index in [2.05, 4.69) is 5.32 Å². The largest absolute Gasteiger partial charge is 0.456 e. The van der Waals surface area contributed by atoms with Crippen LogP contribution in [0.3, 0.4) is 0 Å². The van der Waals surface area contributed by atoms with Gasteiger partial charge >= 0.3 is 0 Å². The molecule has 6 heteroatoms. The fraction of sp³-hybridized carbons (Fsp3) is 0.278. The fourth-order valence-electron chi connectivity index (χ4n) is 2.54. The summed E-state index contributed by atoms with van der Waals surface area (Å²) in [5.74, 6) is 2.22. The van der Waals surface area contributed by atoms with Gasteiger partial charge in [0.2, 0.25) is 5.91 Å². The monoisotopic (exact) mass is 362 g/mol. The van der Waals surface area contributed by atoms with E-state index in [1.165, 1.54) is 0 Å². The number of hydrogen-bond acceptors (Lipinski definition) is 4. The molecule has 0 bridgehead atoms. The molecular weight excluding hydrogens is 344 g/mol. The average molecular weight is 363 g/mol. The number of para-hydroxylation sites is 1. The molecule has 2 aromatic rings. The predicted octanol–water partition coefficient (Wildman–Crippen LogP) is 3.75. The Morgan fingerprint density at radius 1 is 1.21 bits per heavy atom. The van der Waals surface area contributed by atoms with Gasteiger partial charge in [-0.05, 0) is 42.0 Å². The highest BCUT2D eigenvalue weighted by Crippen LogP contribution is 2.34. The first-order valence-corrected chi connectivity index (χ1v) is 9.24. The molecule has 0 spiro atoms. The highest BCUT2D eigenvalue weighted by molar-refractivity contribution is 8.00. The van der Waals surface area contributed by atoms with Crippen LogP contribution in [0.25, 0.3) is 0 Å². The third kappa shape index (κ3) is 4.04. The minimum Gasteiger partial charge on any atom is -0.456 e. The van der Waals surface area contributed by atoms with Crippen LogP contribution in [0, 0.1) is 0 Å². The number of rotatable bonds is 4. The van der Waals surface area contributed by atoms with E-state index in [1.807, 2.05) is 42.5 Å². The van der Waals surface area contributed by atoms with Gasteiger partial charge in [-0.15, -0.1) is 11.8 Å². The highest BCUT2D eigenvalue weighted by Gasteiger charge is 2.26. The van der Waals surface area contributed by atoms with E-state index >= 15 is 0 Å². The molecule has 126 valence electrons. The number of ether oxygens (including phenoxy) is 1. The van der Waals surface area contributed by atoms with Crippen LogP contribution >= 0.6 is 23.4 Å². The van der Waals surface area contributed by atoms with Gasteiger partial charge in [0, 0.05) is 12.6 Å². The summed E-state index contributed by atoms with van der Waals surface area (Å²) in [5, 5.41) is 3.36. The smallest absolute Gasteiger partial charge is 0.237 e. The van der Waals surface area contributed by atoms with Gasteiger partial charge < -0.3 is 15.8 Å². The summed E-state index contributed by atoms with van der Waals surface area (Å²) in [5.41, 5.74) is 6.63. The molecule has 2 aromatic carbocycles. The third-order valence-electron chi connectivity index (χ3n) is 3.87. The molecule has 1 heterocycles. The Morgan fingerprint density at radius 2 is 1.96 bits per heavy atom. The van der Waals surface area contributed by atoms with Gasteiger partial charge in [-0.3, -0.25) is 4.79 Å². The van der Waals surface area contributed by atoms with Gasteiger partial charge in [0.25, 0.3) is 0 Å². The molecule has 4 nitrogen and oxygen atoms in total. The van der Waals surface area contributed by atoms with E-state index in [9.17, 15) is 4.79 Å². The zero-order valence-electron chi connectivity index (χ0n) is 13.1. The quantitative estimate of drug-likeness (QED) is 0.869. The van der Waals surface area contributed by atoms with Crippen molar-refractivity contribution in [2.75, 3.05) is 12.3 Å². The van der Waals surface area contributed by atoms with Crippen LogP contribution in [-0.2, 0) is 4.79 Å². The number of halogens is 1. The standard InChI is InChI=1S/C18H19ClN2O2S/c19-15-3-1-2-4-16(15)23-14-7-5-12(6-8-14)17-18(22)21-13(11-20)9-10-24-17/h1-8,13,17H,9-11,20H2,(H,21,22)/t13-,17+/m0/s1. The molecule has 3 rings (SSSR count). The second-order valence-electron chi connectivity index (χ2n) is 5.58. The molecule has 0 aromatic heterocycles. The van der Waals surface area contributed by atoms with Gasteiger partial charge in [0.15, 0.2) is 0 Å². The van der Waals surface area contributed by atoms with Crippen molar-refractivity contribution in [1.82, 2.24) is 5.32 Å². The van der Waals surface area contributed by atoms with Crippen LogP contribution in [-0.4, -0.2) is 24.2 Å². The van der Waals surface area contributed by atoms with Gasteiger partial charge in [0.05, 0.1) is 5.02 Å². The molecule has 0 aliphatic carbocycles. The van der Waals surface area contributed by atoms with Crippen molar-refractivity contribution in [3.8, 4) is 11.5 Å². The molecule has 1 aliphatic rings. The Balaban J connectivity index is 1.72. The topological polar surface area (TPSA) is 64.3 Å². The lowest BCUT2D eigenvalue weighted by molar-refractivity contribution is -0.121. The lowest BCUT2D eigenvalue weighted by Gasteiger charge is -2.16. The van der Waals surface area contributed by atoms with Crippen molar-refractivity contribution in [2.45, 2.75) is 17.7 Å². The van der Waals surface area contributed by atoms with E-state index in [0.717, 1.165) is 17.7 Å². The van der Waals surface area contributed by atoms with Crippen molar-refractivity contribution >= 4 is 29.3 Å². The van der Waals surface area contributed by atoms with Crippen molar-refractivity contribution in [2.24, 2.45) is 5.73 Å². The maximum absolute atomic E-state index is 12.4. The van der Waals surface area contributed by atoms with Crippen LogP contribution in [0.4, 0.5) is 0 Å². The molecule has 1 amide bonds. The first kappa shape index (κ1) is 17.1. The summed E-state index contributed by atoms with van der Waals surface area (Å²) in [4.78, 5) is 12.4. The van der Waals surface area contributed by atoms with Crippen LogP contribution in [0.2, 0.25) is 5.02 Å². The maximum Gasteiger partial charge on any atom is 0.237 e. The SMILES string of the molecule is NC[C@@H]1CCS[C@H](c2ccc(Oc3ccccc3Cl)cc2)C(=O)N1. The summed E-state index contributed by atoms with van der Waals surface area (Å²) in [6.45, 7) is 0.476. The van der Waals surface area contributed by atoms with Crippen molar-refractivity contribution in [3.63, 3.8) is 0 Å². The summed E-state index contributed by atoms with van der Waals surface area (Å²) in [7, 11) is 0. The third-order valence-corrected chi connectivity index (χ3v) is 5.47. The second-order valence-corrected chi connectivity index (χ2v) is 7.20. The Kier molecular flexibility index (Phi) is 5.66. The molecule has 3 N–H and O–H groups in total. The number of hydrogen-bond donors (Lipinski definition) is 2. The van der Waals surface area contributed by atoms with Crippen LogP contribution in [0.5, 0.6) is 11.5 Å². The molecule has 1 fully saturated rings. The van der Waals surface area contributed by atoms with E-state index < -0.39 is 0 Å². The van der Waals surface area contributed by atoms with Gasteiger partial charge in [-0.1, -0.05) is 35.9 Å². The first-order valence-electron chi connectivity index (χ1n) is 7.82. The van der Waals surface area contributed by atoms with Crippen LogP contribution in [0.1, 0.15) is 17.2 Å². The Hall–Kier alpha value is -1.69. The molecule has 24 heavy (non-hydrogen) atoms. The van der Waals surface area contributed by atoms with Gasteiger partial charge in [-0.25, -0.2) is 0 Å². The lowest BCUT2D eigenvalue weighted by atomic mass is 10.1. The molecule has 2 atom stereocenters. The van der Waals surface area contributed by atoms with E-state index in [0.29, 0.717) is 23.1 Å². The lowest BCUT2D eigenvalue weighted by Crippen LogP contribution is -2.40. The minimum atomic E-state index is -0.212. The van der Waals surface area contributed by atoms with E-state index in [1.54, 1.807) is 17.8 Å². The van der Waals surface area contributed by atoms with E-state index in [-0.39, 0.29) is 17.2 Å². The van der Waals surface area contributed by atoms with Gasteiger partial charge in [0.1, 0.15) is 16.7 Å². The Bertz CT molecular complexity index is 708. The summed E-state index contributed by atoms with van der Waals surface area (Å²) in [6, 6.07) is 15.0. The predicted molar refractivity (Wildman–Crippen MR) is 98.8 cm³/mol. The molecule has 1 aliphatic heterocycles. The Morgan fingerprint density at radius 3 is 2.67 bits per heavy atom. The van der Waals surface area contributed by atoms with Crippen molar-refractivity contribution in [3.05, 3.63) is 59.1 Å². The zero-order valence-corrected chi connectivity index (χ0v) is 14.6. The van der Waals surface area contributed by atoms with Crippen LogP contribution < -0.4 is 15.8 Å². The van der Waals surface area contributed by atoms with Crippen molar-refractivity contribution < 1.29 is 9.53 Å². The number of amides is 1. The highest BCUT2D eigenvalue weighted by atomic mass is 35.5. The molecule has 1 saturated heterocycles. The zero-order chi connectivity index (χ0) is 16.9. The second kappa shape index (κ2) is 7.92. The normalized spacial score (nSPS) is 21.0. The van der Waals surface area contributed by atoms with Gasteiger partial charge in [-0.2, -0.15) is 0 Å². The number of thioether (sulfide) groups is 1. The summed E-state index contributed by atoms with van der Waals surface area (Å²) in [6.07, 6.45) is 0.900. The summed E-state index contributed by atoms with van der Waals surface area (Å²) < 4.78 is 5.78. The number of nitrogens with one attached hydrogen (secondary N) is 1. The average Bonchev–Trinajstić information content (AvgIpc) is 2.79. The molecular formula is C18H19ClN2O2S. The first-order chi connectivity index (χ1) is 11.7. The van der Waals surface area contributed by atoms with Crippen LogP contribution in [0.15, 0.2) is 48.5 Å². The summed E-state index contributed by atoms with van der Waals surface area (Å²) >= 11 is 7.75. The fourth-order valence-corrected chi connectivity index (χ4v) is 3.94. The minimum absolute atomic E-state index is 0.0210. The Labute approximate surface area is 150 Å². The number of carbonyl (C=O) groups excluding carboxylic acids is 1.